The number of aliphatic hydroxyl groups excluding tert-OH is 1. The van der Waals surface area contributed by atoms with E-state index in [9.17, 15) is 14.7 Å². The van der Waals surface area contributed by atoms with E-state index in [1.807, 2.05) is 24.3 Å². The Bertz CT molecular complexity index is 625. The van der Waals surface area contributed by atoms with Crippen LogP contribution in [0.4, 0.5) is 0 Å². The monoisotopic (exact) mass is 351 g/mol. The Hall–Kier alpha value is -1.63. The summed E-state index contributed by atoms with van der Waals surface area (Å²) in [5, 5.41) is 13.3. The number of hydrogen-bond acceptors (Lipinski definition) is 4. The summed E-state index contributed by atoms with van der Waals surface area (Å²) in [6, 6.07) is 6.96. The molecular weight excluding hydrogens is 330 g/mol. The molecule has 2 aliphatic heterocycles. The van der Waals surface area contributed by atoms with E-state index < -0.39 is 12.1 Å². The lowest BCUT2D eigenvalue weighted by molar-refractivity contribution is -0.141. The van der Waals surface area contributed by atoms with E-state index in [1.54, 1.807) is 9.80 Å². The van der Waals surface area contributed by atoms with Gasteiger partial charge in [-0.1, -0.05) is 29.8 Å². The summed E-state index contributed by atoms with van der Waals surface area (Å²) in [5.41, 5.74) is 0.905. The third kappa shape index (κ3) is 3.88. The number of carbonyl (C=O) groups is 2. The number of nitrogens with zero attached hydrogens (tertiary/aromatic N) is 2. The van der Waals surface area contributed by atoms with Crippen molar-refractivity contribution in [3.8, 4) is 0 Å². The predicted molar refractivity (Wildman–Crippen MR) is 90.5 cm³/mol. The standard InChI is InChI=1S/C17H22ClN3O3/c18-14-4-2-1-3-12(14)10-21-8-6-19-15(17(21)24)9-16(23)20-7-5-13(22)11-20/h1-4,13,15,19,22H,5-11H2. The van der Waals surface area contributed by atoms with Crippen molar-refractivity contribution in [3.05, 3.63) is 34.9 Å². The Morgan fingerprint density at radius 1 is 1.33 bits per heavy atom. The zero-order valence-electron chi connectivity index (χ0n) is 13.4. The number of piperazine rings is 1. The van der Waals surface area contributed by atoms with E-state index in [0.717, 1.165) is 5.56 Å². The number of likely N-dealkylation sites (tertiary alicyclic amines) is 1. The minimum Gasteiger partial charge on any atom is -0.391 e. The van der Waals surface area contributed by atoms with Gasteiger partial charge in [0.2, 0.25) is 11.8 Å². The van der Waals surface area contributed by atoms with E-state index >= 15 is 0 Å². The molecule has 6 nitrogen and oxygen atoms in total. The van der Waals surface area contributed by atoms with Gasteiger partial charge in [-0.2, -0.15) is 0 Å². The molecule has 0 saturated carbocycles. The van der Waals surface area contributed by atoms with Gasteiger partial charge in [0.1, 0.15) is 0 Å². The molecule has 2 amide bonds. The van der Waals surface area contributed by atoms with E-state index in [2.05, 4.69) is 5.32 Å². The first-order chi connectivity index (χ1) is 11.5. The molecule has 1 aromatic carbocycles. The van der Waals surface area contributed by atoms with Gasteiger partial charge in [-0.05, 0) is 18.1 Å². The van der Waals surface area contributed by atoms with E-state index in [0.29, 0.717) is 44.2 Å². The van der Waals surface area contributed by atoms with Gasteiger partial charge in [-0.15, -0.1) is 0 Å². The number of halogens is 1. The summed E-state index contributed by atoms with van der Waals surface area (Å²) in [5.74, 6) is -0.161. The first kappa shape index (κ1) is 17.2. The Morgan fingerprint density at radius 3 is 2.83 bits per heavy atom. The molecule has 2 saturated heterocycles. The van der Waals surface area contributed by atoms with Crippen LogP contribution in [0.1, 0.15) is 18.4 Å². The molecule has 24 heavy (non-hydrogen) atoms. The fourth-order valence-electron chi connectivity index (χ4n) is 3.21. The van der Waals surface area contributed by atoms with Crippen LogP contribution in [0.15, 0.2) is 24.3 Å². The number of carbonyl (C=O) groups excluding carboxylic acids is 2. The predicted octanol–water partition coefficient (Wildman–Crippen LogP) is 0.624. The van der Waals surface area contributed by atoms with Gasteiger partial charge >= 0.3 is 0 Å². The quantitative estimate of drug-likeness (QED) is 0.834. The molecule has 2 fully saturated rings. The number of benzene rings is 1. The Labute approximate surface area is 146 Å². The second-order valence-corrected chi connectivity index (χ2v) is 6.75. The second kappa shape index (κ2) is 7.51. The van der Waals surface area contributed by atoms with Crippen molar-refractivity contribution in [1.82, 2.24) is 15.1 Å². The Kier molecular flexibility index (Phi) is 5.38. The second-order valence-electron chi connectivity index (χ2n) is 6.34. The molecule has 0 aliphatic carbocycles. The van der Waals surface area contributed by atoms with Gasteiger partial charge < -0.3 is 20.2 Å². The molecule has 7 heteroatoms. The lowest BCUT2D eigenvalue weighted by Gasteiger charge is -2.33. The molecular formula is C17H22ClN3O3. The van der Waals surface area contributed by atoms with Crippen LogP contribution in [0.2, 0.25) is 5.02 Å². The van der Waals surface area contributed by atoms with Crippen LogP contribution in [-0.4, -0.2) is 65.0 Å². The molecule has 0 spiro atoms. The van der Waals surface area contributed by atoms with Gasteiger partial charge in [0.25, 0.3) is 0 Å². The maximum atomic E-state index is 12.7. The summed E-state index contributed by atoms with van der Waals surface area (Å²) >= 11 is 6.17. The van der Waals surface area contributed by atoms with Crippen LogP contribution in [0.3, 0.4) is 0 Å². The maximum Gasteiger partial charge on any atom is 0.240 e. The van der Waals surface area contributed by atoms with Gasteiger partial charge in [-0.25, -0.2) is 0 Å². The van der Waals surface area contributed by atoms with Crippen molar-refractivity contribution in [2.75, 3.05) is 26.2 Å². The third-order valence-electron chi connectivity index (χ3n) is 4.60. The third-order valence-corrected chi connectivity index (χ3v) is 4.96. The van der Waals surface area contributed by atoms with Crippen molar-refractivity contribution >= 4 is 23.4 Å². The average molecular weight is 352 g/mol. The zero-order valence-corrected chi connectivity index (χ0v) is 14.2. The van der Waals surface area contributed by atoms with Crippen LogP contribution in [0, 0.1) is 0 Å². The number of rotatable bonds is 4. The van der Waals surface area contributed by atoms with Crippen LogP contribution in [0.25, 0.3) is 0 Å². The van der Waals surface area contributed by atoms with E-state index in [-0.39, 0.29) is 18.2 Å². The summed E-state index contributed by atoms with van der Waals surface area (Å²) in [7, 11) is 0. The highest BCUT2D eigenvalue weighted by Gasteiger charge is 2.33. The van der Waals surface area contributed by atoms with Crippen LogP contribution < -0.4 is 5.32 Å². The topological polar surface area (TPSA) is 72.9 Å². The van der Waals surface area contributed by atoms with E-state index in [1.165, 1.54) is 0 Å². The molecule has 2 aliphatic rings. The van der Waals surface area contributed by atoms with Crippen molar-refractivity contribution in [2.24, 2.45) is 0 Å². The summed E-state index contributed by atoms with van der Waals surface area (Å²) in [4.78, 5) is 28.3. The Morgan fingerprint density at radius 2 is 2.12 bits per heavy atom. The normalized spacial score (nSPS) is 24.5. The highest BCUT2D eigenvalue weighted by molar-refractivity contribution is 6.31. The average Bonchev–Trinajstić information content (AvgIpc) is 3.00. The number of aliphatic hydroxyl groups is 1. The summed E-state index contributed by atoms with van der Waals surface area (Å²) in [6.07, 6.45) is 0.293. The lowest BCUT2D eigenvalue weighted by Crippen LogP contribution is -2.56. The SMILES string of the molecule is O=C(CC1NCCN(Cc2ccccc2Cl)C1=O)N1CCC(O)C1. The van der Waals surface area contributed by atoms with Crippen molar-refractivity contribution < 1.29 is 14.7 Å². The highest BCUT2D eigenvalue weighted by Crippen LogP contribution is 2.19. The van der Waals surface area contributed by atoms with Crippen molar-refractivity contribution in [3.63, 3.8) is 0 Å². The fourth-order valence-corrected chi connectivity index (χ4v) is 3.41. The van der Waals surface area contributed by atoms with Gasteiger partial charge in [-0.3, -0.25) is 9.59 Å². The molecule has 2 atom stereocenters. The molecule has 2 N–H and O–H groups in total. The molecule has 1 aromatic rings. The molecule has 2 heterocycles. The van der Waals surface area contributed by atoms with E-state index in [4.69, 9.17) is 11.6 Å². The number of β-amino-alcohol motifs (C(OH)–C–C–N with tert-alkyl or cyclic N) is 1. The van der Waals surface area contributed by atoms with Crippen LogP contribution in [-0.2, 0) is 16.1 Å². The summed E-state index contributed by atoms with van der Waals surface area (Å²) in [6.45, 7) is 2.62. The van der Waals surface area contributed by atoms with Gasteiger partial charge in [0.15, 0.2) is 0 Å². The van der Waals surface area contributed by atoms with Crippen LogP contribution in [0.5, 0.6) is 0 Å². The van der Waals surface area contributed by atoms with Crippen LogP contribution >= 0.6 is 11.6 Å². The van der Waals surface area contributed by atoms with Crippen molar-refractivity contribution in [1.29, 1.82) is 0 Å². The zero-order chi connectivity index (χ0) is 17.1. The lowest BCUT2D eigenvalue weighted by atomic mass is 10.1. The Balaban J connectivity index is 1.60. The number of hydrogen-bond donors (Lipinski definition) is 2. The number of amides is 2. The first-order valence-electron chi connectivity index (χ1n) is 8.26. The largest absolute Gasteiger partial charge is 0.391 e. The maximum absolute atomic E-state index is 12.7. The smallest absolute Gasteiger partial charge is 0.240 e. The molecule has 0 radical (unpaired) electrons. The molecule has 0 aromatic heterocycles. The highest BCUT2D eigenvalue weighted by atomic mass is 35.5. The van der Waals surface area contributed by atoms with Crippen molar-refractivity contribution in [2.45, 2.75) is 31.5 Å². The molecule has 130 valence electrons. The van der Waals surface area contributed by atoms with Gasteiger partial charge in [0, 0.05) is 37.7 Å². The minimum absolute atomic E-state index is 0.0748. The summed E-state index contributed by atoms with van der Waals surface area (Å²) < 4.78 is 0. The number of nitrogens with one attached hydrogen (secondary N) is 1. The molecule has 3 rings (SSSR count). The minimum atomic E-state index is -0.508. The molecule has 2 unspecified atom stereocenters. The molecule has 0 bridgehead atoms. The van der Waals surface area contributed by atoms with Gasteiger partial charge in [0.05, 0.1) is 18.6 Å². The first-order valence-corrected chi connectivity index (χ1v) is 8.64. The fraction of sp³-hybridized carbons (Fsp3) is 0.529.